The smallest absolute Gasteiger partial charge is 0.286 e. The third-order valence-electron chi connectivity index (χ3n) is 3.50. The van der Waals surface area contributed by atoms with Crippen LogP contribution in [0.25, 0.3) is 11.3 Å². The van der Waals surface area contributed by atoms with E-state index in [-0.39, 0.29) is 6.54 Å². The number of nitrogens with two attached hydrogens (primary N) is 1. The molecule has 9 heteroatoms. The van der Waals surface area contributed by atoms with Crippen molar-refractivity contribution in [2.75, 3.05) is 0 Å². The second kappa shape index (κ2) is 6.40. The van der Waals surface area contributed by atoms with Crippen molar-refractivity contribution in [3.63, 3.8) is 0 Å². The fourth-order valence-corrected chi connectivity index (χ4v) is 2.31. The summed E-state index contributed by atoms with van der Waals surface area (Å²) < 4.78 is 6.23. The summed E-state index contributed by atoms with van der Waals surface area (Å²) in [7, 11) is 0. The van der Waals surface area contributed by atoms with Gasteiger partial charge in [0.25, 0.3) is 17.2 Å². The lowest BCUT2D eigenvalue weighted by atomic mass is 10.1. The highest BCUT2D eigenvalue weighted by atomic mass is 16.6. The van der Waals surface area contributed by atoms with Crippen LogP contribution in [-0.4, -0.2) is 20.6 Å². The van der Waals surface area contributed by atoms with Gasteiger partial charge in [-0.3, -0.25) is 19.7 Å². The Morgan fingerprint density at radius 2 is 2.00 bits per heavy atom. The molecule has 0 radical (unpaired) electrons. The van der Waals surface area contributed by atoms with Gasteiger partial charge in [-0.05, 0) is 0 Å². The topological polar surface area (TPSA) is 134 Å². The Balaban J connectivity index is 1.98. The molecule has 9 nitrogen and oxygen atoms in total. The Kier molecular flexibility index (Phi) is 4.12. The summed E-state index contributed by atoms with van der Waals surface area (Å²) in [5, 5.41) is 14.8. The second-order valence-electron chi connectivity index (χ2n) is 5.21. The van der Waals surface area contributed by atoms with Crippen LogP contribution in [0.15, 0.2) is 58.0 Å². The van der Waals surface area contributed by atoms with Crippen molar-refractivity contribution in [1.29, 1.82) is 0 Å². The molecule has 0 saturated carbocycles. The maximum absolute atomic E-state index is 12.2. The third-order valence-corrected chi connectivity index (χ3v) is 3.50. The number of amides is 1. The molecule has 3 aromatic rings. The largest absolute Gasteiger partial charge is 0.365 e. The van der Waals surface area contributed by atoms with Crippen LogP contribution in [0.5, 0.6) is 0 Å². The molecule has 0 aliphatic carbocycles. The first-order valence-electron chi connectivity index (χ1n) is 7.15. The van der Waals surface area contributed by atoms with E-state index >= 15 is 0 Å². The van der Waals surface area contributed by atoms with Gasteiger partial charge in [-0.15, -0.1) is 0 Å². The first kappa shape index (κ1) is 16.1. The molecule has 0 fully saturated rings. The van der Waals surface area contributed by atoms with Gasteiger partial charge in [0.15, 0.2) is 5.76 Å². The van der Waals surface area contributed by atoms with Crippen LogP contribution in [0.4, 0.5) is 5.69 Å². The van der Waals surface area contributed by atoms with E-state index in [1.807, 2.05) is 30.3 Å². The molecule has 0 spiro atoms. The average Bonchev–Trinajstić information content (AvgIpc) is 3.05. The van der Waals surface area contributed by atoms with Gasteiger partial charge < -0.3 is 14.8 Å². The number of hydrogen-bond acceptors (Lipinski definition) is 6. The van der Waals surface area contributed by atoms with Gasteiger partial charge in [0, 0.05) is 17.7 Å². The molecule has 0 atom stereocenters. The predicted molar refractivity (Wildman–Crippen MR) is 86.9 cm³/mol. The molecule has 0 aliphatic heterocycles. The zero-order chi connectivity index (χ0) is 18.0. The SMILES string of the molecule is NC(=O)c1cc([N+](=O)[O-])cn(Cc2cc(-c3ccccc3)on2)c1=O. The lowest BCUT2D eigenvalue weighted by Crippen LogP contribution is -2.30. The number of carbonyl (C=O) groups excluding carboxylic acids is 1. The molecule has 3 rings (SSSR count). The molecule has 2 heterocycles. The minimum atomic E-state index is -1.03. The van der Waals surface area contributed by atoms with Gasteiger partial charge >= 0.3 is 0 Å². The quantitative estimate of drug-likeness (QED) is 0.553. The fraction of sp³-hybridized carbons (Fsp3) is 0.0625. The molecule has 126 valence electrons. The van der Waals surface area contributed by atoms with E-state index in [1.165, 1.54) is 0 Å². The Hall–Kier alpha value is -3.75. The van der Waals surface area contributed by atoms with Crippen LogP contribution in [-0.2, 0) is 6.54 Å². The summed E-state index contributed by atoms with van der Waals surface area (Å²) in [6.07, 6.45) is 1.03. The Labute approximate surface area is 140 Å². The van der Waals surface area contributed by atoms with E-state index in [2.05, 4.69) is 5.16 Å². The van der Waals surface area contributed by atoms with E-state index in [1.54, 1.807) is 6.07 Å². The number of rotatable bonds is 5. The fourth-order valence-electron chi connectivity index (χ4n) is 2.31. The number of carbonyl (C=O) groups is 1. The van der Waals surface area contributed by atoms with Crippen molar-refractivity contribution in [2.45, 2.75) is 6.54 Å². The van der Waals surface area contributed by atoms with Gasteiger partial charge in [0.2, 0.25) is 0 Å². The lowest BCUT2D eigenvalue weighted by Gasteiger charge is -2.04. The zero-order valence-electron chi connectivity index (χ0n) is 12.8. The molecular formula is C16H12N4O5. The summed E-state index contributed by atoms with van der Waals surface area (Å²) in [6, 6.07) is 11.7. The minimum absolute atomic E-state index is 0.100. The normalized spacial score (nSPS) is 10.6. The number of benzene rings is 1. The van der Waals surface area contributed by atoms with E-state index in [0.29, 0.717) is 11.5 Å². The Morgan fingerprint density at radius 1 is 1.28 bits per heavy atom. The van der Waals surface area contributed by atoms with Crippen LogP contribution >= 0.6 is 0 Å². The van der Waals surface area contributed by atoms with Gasteiger partial charge in [-0.25, -0.2) is 0 Å². The van der Waals surface area contributed by atoms with E-state index in [0.717, 1.165) is 22.4 Å². The highest BCUT2D eigenvalue weighted by Crippen LogP contribution is 2.20. The summed E-state index contributed by atoms with van der Waals surface area (Å²) in [4.78, 5) is 33.9. The monoisotopic (exact) mass is 340 g/mol. The van der Waals surface area contributed by atoms with Gasteiger partial charge in [0.05, 0.1) is 17.7 Å². The predicted octanol–water partition coefficient (Wildman–Crippen LogP) is 1.56. The molecule has 0 unspecified atom stereocenters. The zero-order valence-corrected chi connectivity index (χ0v) is 12.8. The van der Waals surface area contributed by atoms with Gasteiger partial charge in [0.1, 0.15) is 11.3 Å². The van der Waals surface area contributed by atoms with Crippen LogP contribution < -0.4 is 11.3 Å². The lowest BCUT2D eigenvalue weighted by molar-refractivity contribution is -0.385. The van der Waals surface area contributed by atoms with Crippen LogP contribution in [0, 0.1) is 10.1 Å². The standard InChI is InChI=1S/C16H12N4O5/c17-15(21)13-7-12(20(23)24)9-19(16(13)22)8-11-6-14(25-18-11)10-4-2-1-3-5-10/h1-7,9H,8H2,(H2,17,21). The van der Waals surface area contributed by atoms with Crippen molar-refractivity contribution in [2.24, 2.45) is 5.73 Å². The van der Waals surface area contributed by atoms with Crippen LogP contribution in [0.1, 0.15) is 16.1 Å². The highest BCUT2D eigenvalue weighted by molar-refractivity contribution is 5.92. The molecule has 25 heavy (non-hydrogen) atoms. The third kappa shape index (κ3) is 3.29. The average molecular weight is 340 g/mol. The van der Waals surface area contributed by atoms with Crippen molar-refractivity contribution in [1.82, 2.24) is 9.72 Å². The molecule has 1 aromatic carbocycles. The summed E-state index contributed by atoms with van der Waals surface area (Å²) in [5.41, 5.74) is 4.68. The van der Waals surface area contributed by atoms with E-state index < -0.39 is 27.6 Å². The highest BCUT2D eigenvalue weighted by Gasteiger charge is 2.18. The first-order valence-corrected chi connectivity index (χ1v) is 7.15. The van der Waals surface area contributed by atoms with Crippen molar-refractivity contribution in [3.05, 3.63) is 80.4 Å². The van der Waals surface area contributed by atoms with Crippen LogP contribution in [0.3, 0.4) is 0 Å². The molecule has 2 N–H and O–H groups in total. The second-order valence-corrected chi connectivity index (χ2v) is 5.21. The molecule has 0 saturated heterocycles. The van der Waals surface area contributed by atoms with Crippen molar-refractivity contribution < 1.29 is 14.2 Å². The summed E-state index contributed by atoms with van der Waals surface area (Å²) >= 11 is 0. The minimum Gasteiger partial charge on any atom is -0.365 e. The maximum Gasteiger partial charge on any atom is 0.286 e. The van der Waals surface area contributed by atoms with Gasteiger partial charge in [-0.1, -0.05) is 35.5 Å². The van der Waals surface area contributed by atoms with Crippen molar-refractivity contribution >= 4 is 11.6 Å². The number of primary amides is 1. The first-order chi connectivity index (χ1) is 12.0. The number of pyridine rings is 1. The number of aromatic nitrogens is 2. The summed E-state index contributed by atoms with van der Waals surface area (Å²) in [6.45, 7) is -0.100. The molecular weight excluding hydrogens is 328 g/mol. The van der Waals surface area contributed by atoms with Crippen LogP contribution in [0.2, 0.25) is 0 Å². The number of hydrogen-bond donors (Lipinski definition) is 1. The van der Waals surface area contributed by atoms with Gasteiger partial charge in [-0.2, -0.15) is 0 Å². The Bertz CT molecular complexity index is 1010. The molecule has 1 amide bonds. The number of nitrogens with zero attached hydrogens (tertiary/aromatic N) is 3. The Morgan fingerprint density at radius 3 is 2.64 bits per heavy atom. The van der Waals surface area contributed by atoms with Crippen molar-refractivity contribution in [3.8, 4) is 11.3 Å². The molecule has 0 aliphatic rings. The number of nitro groups is 1. The van der Waals surface area contributed by atoms with E-state index in [9.17, 15) is 19.7 Å². The van der Waals surface area contributed by atoms with E-state index in [4.69, 9.17) is 10.3 Å². The summed E-state index contributed by atoms with van der Waals surface area (Å²) in [5.74, 6) is -0.545. The molecule has 0 bridgehead atoms. The maximum atomic E-state index is 12.2. The molecule has 2 aromatic heterocycles.